The summed E-state index contributed by atoms with van der Waals surface area (Å²) in [7, 11) is -3.76. The second kappa shape index (κ2) is 8.63. The monoisotopic (exact) mass is 405 g/mol. The molecule has 0 spiro atoms. The molecule has 2 rings (SSSR count). The maximum Gasteiger partial charge on any atom is 0.411 e. The van der Waals surface area contributed by atoms with Gasteiger partial charge in [-0.2, -0.15) is 13.2 Å². The van der Waals surface area contributed by atoms with Gasteiger partial charge in [0.25, 0.3) is 0 Å². The highest BCUT2D eigenvalue weighted by Gasteiger charge is 2.61. The Balaban J connectivity index is 2.01. The Morgan fingerprint density at radius 1 is 1.22 bits per heavy atom. The van der Waals surface area contributed by atoms with E-state index in [1.807, 2.05) is 30.3 Å². The smallest absolute Gasteiger partial charge is 0.327 e. The van der Waals surface area contributed by atoms with Crippen LogP contribution in [-0.4, -0.2) is 49.0 Å². The lowest BCUT2D eigenvalue weighted by Gasteiger charge is -2.40. The topological polar surface area (TPSA) is 54.5 Å². The van der Waals surface area contributed by atoms with Crippen molar-refractivity contribution in [2.24, 2.45) is 0 Å². The molecule has 1 fully saturated rings. The van der Waals surface area contributed by atoms with Crippen molar-refractivity contribution in [3.63, 3.8) is 0 Å². The van der Waals surface area contributed by atoms with E-state index in [1.54, 1.807) is 6.92 Å². The van der Waals surface area contributed by atoms with Crippen molar-refractivity contribution in [1.29, 1.82) is 0 Å². The van der Waals surface area contributed by atoms with E-state index in [0.717, 1.165) is 10.5 Å². The van der Waals surface area contributed by atoms with E-state index in [0.29, 0.717) is 12.8 Å². The summed E-state index contributed by atoms with van der Waals surface area (Å²) >= 11 is 0. The van der Waals surface area contributed by atoms with Gasteiger partial charge in [0.1, 0.15) is 11.3 Å². The Hall–Kier alpha value is -1.57. The van der Waals surface area contributed by atoms with E-state index in [2.05, 4.69) is 0 Å². The highest BCUT2D eigenvalue weighted by Crippen LogP contribution is 2.46. The van der Waals surface area contributed by atoms with Crippen molar-refractivity contribution in [1.82, 2.24) is 4.90 Å². The highest BCUT2D eigenvalue weighted by molar-refractivity contribution is 7.92. The molecule has 1 aromatic rings. The predicted molar refractivity (Wildman–Crippen MR) is 98.1 cm³/mol. The summed E-state index contributed by atoms with van der Waals surface area (Å²) in [6, 6.07) is 9.32. The van der Waals surface area contributed by atoms with Crippen LogP contribution in [0, 0.1) is 0 Å². The van der Waals surface area contributed by atoms with E-state index in [4.69, 9.17) is 0 Å². The summed E-state index contributed by atoms with van der Waals surface area (Å²) in [5, 5.41) is 0. The van der Waals surface area contributed by atoms with E-state index in [-0.39, 0.29) is 38.0 Å². The number of halogens is 3. The number of hydrogen-bond acceptors (Lipinski definition) is 3. The van der Waals surface area contributed by atoms with Crippen molar-refractivity contribution >= 4 is 15.7 Å². The first kappa shape index (κ1) is 21.7. The number of sulfone groups is 1. The van der Waals surface area contributed by atoms with Gasteiger partial charge in [0.15, 0.2) is 9.84 Å². The molecule has 8 heteroatoms. The van der Waals surface area contributed by atoms with Crippen LogP contribution < -0.4 is 0 Å². The van der Waals surface area contributed by atoms with Crippen LogP contribution in [0.15, 0.2) is 30.3 Å². The van der Waals surface area contributed by atoms with Crippen LogP contribution in [0.5, 0.6) is 0 Å². The molecular weight excluding hydrogens is 379 g/mol. The molecule has 0 bridgehead atoms. The average Bonchev–Trinajstić information content (AvgIpc) is 3.00. The molecule has 0 N–H and O–H groups in total. The molecule has 1 aliphatic heterocycles. The number of aryl methyl sites for hydroxylation is 1. The van der Waals surface area contributed by atoms with Gasteiger partial charge in [0.2, 0.25) is 5.91 Å². The molecule has 27 heavy (non-hydrogen) atoms. The normalized spacial score (nSPS) is 20.8. The first-order valence-electron chi connectivity index (χ1n) is 9.23. The molecule has 0 radical (unpaired) electrons. The van der Waals surface area contributed by atoms with Crippen molar-refractivity contribution < 1.29 is 26.4 Å². The Morgan fingerprint density at radius 2 is 1.89 bits per heavy atom. The number of rotatable bonds is 8. The third kappa shape index (κ3) is 5.24. The molecular formula is C19H26F3NO3S. The van der Waals surface area contributed by atoms with E-state index in [9.17, 15) is 26.4 Å². The molecule has 1 saturated heterocycles. The average molecular weight is 405 g/mol. The Labute approximate surface area is 158 Å². The molecule has 1 aliphatic rings. The number of alkyl halides is 3. The van der Waals surface area contributed by atoms with Gasteiger partial charge in [-0.05, 0) is 37.7 Å². The maximum absolute atomic E-state index is 13.7. The molecule has 0 aliphatic carbocycles. The number of hydrogen-bond donors (Lipinski definition) is 0. The fraction of sp³-hybridized carbons (Fsp3) is 0.632. The number of benzene rings is 1. The number of likely N-dealkylation sites (tertiary alicyclic amines) is 1. The number of carbonyl (C=O) groups excluding carboxylic acids is 1. The van der Waals surface area contributed by atoms with E-state index < -0.39 is 33.2 Å². The summed E-state index contributed by atoms with van der Waals surface area (Å²) in [6.45, 7) is 1.59. The van der Waals surface area contributed by atoms with Gasteiger partial charge < -0.3 is 4.90 Å². The van der Waals surface area contributed by atoms with Gasteiger partial charge in [-0.25, -0.2) is 8.42 Å². The molecule has 1 aromatic carbocycles. The fourth-order valence-electron chi connectivity index (χ4n) is 3.83. The number of nitrogens with zero attached hydrogens (tertiary/aromatic N) is 1. The zero-order chi connectivity index (χ0) is 20.1. The van der Waals surface area contributed by atoms with Crippen LogP contribution in [0.1, 0.15) is 44.6 Å². The van der Waals surface area contributed by atoms with Crippen LogP contribution in [0.4, 0.5) is 13.2 Å². The van der Waals surface area contributed by atoms with Gasteiger partial charge in [-0.15, -0.1) is 0 Å². The summed E-state index contributed by atoms with van der Waals surface area (Å²) < 4.78 is 65.6. The molecule has 0 saturated carbocycles. The summed E-state index contributed by atoms with van der Waals surface area (Å²) in [4.78, 5) is 13.2. The molecule has 0 unspecified atom stereocenters. The first-order chi connectivity index (χ1) is 12.6. The minimum Gasteiger partial charge on any atom is -0.327 e. The van der Waals surface area contributed by atoms with Crippen LogP contribution >= 0.6 is 0 Å². The second-order valence-corrected chi connectivity index (χ2v) is 9.29. The van der Waals surface area contributed by atoms with Gasteiger partial charge in [-0.1, -0.05) is 43.7 Å². The minimum absolute atomic E-state index is 0.0438. The Kier molecular flexibility index (Phi) is 6.94. The second-order valence-electron chi connectivity index (χ2n) is 7.11. The highest BCUT2D eigenvalue weighted by atomic mass is 32.2. The van der Waals surface area contributed by atoms with Crippen molar-refractivity contribution in [3.8, 4) is 0 Å². The van der Waals surface area contributed by atoms with Crippen LogP contribution in [0.25, 0.3) is 0 Å². The molecule has 4 nitrogen and oxygen atoms in total. The fourth-order valence-corrected chi connectivity index (χ4v) is 5.09. The van der Waals surface area contributed by atoms with Crippen LogP contribution in [0.3, 0.4) is 0 Å². The van der Waals surface area contributed by atoms with Crippen molar-refractivity contribution in [2.45, 2.75) is 57.2 Å². The largest absolute Gasteiger partial charge is 0.411 e. The minimum atomic E-state index is -4.56. The molecule has 152 valence electrons. The maximum atomic E-state index is 13.7. The molecule has 0 aromatic heterocycles. The standard InChI is InChI=1S/C19H26F3NO3S/c1-2-11-18(19(20,21)22)12-7-13-23(18)17(24)15-27(25,26)14-6-10-16-8-4-3-5-9-16/h3-5,8-9H,2,6-7,10-15H2,1H3/t18-/m0/s1. The summed E-state index contributed by atoms with van der Waals surface area (Å²) in [5.41, 5.74) is -1.24. The summed E-state index contributed by atoms with van der Waals surface area (Å²) in [5.74, 6) is -2.00. The molecule has 1 heterocycles. The zero-order valence-electron chi connectivity index (χ0n) is 15.5. The lowest BCUT2D eigenvalue weighted by atomic mass is 9.89. The lowest BCUT2D eigenvalue weighted by molar-refractivity contribution is -0.225. The van der Waals surface area contributed by atoms with Gasteiger partial charge >= 0.3 is 6.18 Å². The quantitative estimate of drug-likeness (QED) is 0.662. The molecule has 1 amide bonds. The van der Waals surface area contributed by atoms with Crippen molar-refractivity contribution in [3.05, 3.63) is 35.9 Å². The van der Waals surface area contributed by atoms with Crippen LogP contribution in [0.2, 0.25) is 0 Å². The third-order valence-electron chi connectivity index (χ3n) is 5.09. The SMILES string of the molecule is CCC[C@@]1(C(F)(F)F)CCCN1C(=O)CS(=O)(=O)CCCc1ccccc1. The van der Waals surface area contributed by atoms with Gasteiger partial charge in [0, 0.05) is 6.54 Å². The van der Waals surface area contributed by atoms with E-state index >= 15 is 0 Å². The first-order valence-corrected chi connectivity index (χ1v) is 11.0. The third-order valence-corrected chi connectivity index (χ3v) is 6.69. The van der Waals surface area contributed by atoms with Gasteiger partial charge in [0.05, 0.1) is 5.75 Å². The molecule has 1 atom stereocenters. The number of carbonyl (C=O) groups is 1. The Morgan fingerprint density at radius 3 is 2.48 bits per heavy atom. The zero-order valence-corrected chi connectivity index (χ0v) is 16.3. The lowest BCUT2D eigenvalue weighted by Crippen LogP contribution is -2.58. The van der Waals surface area contributed by atoms with Crippen LogP contribution in [-0.2, 0) is 21.1 Å². The number of amides is 1. The predicted octanol–water partition coefficient (Wildman–Crippen LogP) is 3.76. The van der Waals surface area contributed by atoms with Crippen molar-refractivity contribution in [2.75, 3.05) is 18.1 Å². The van der Waals surface area contributed by atoms with Gasteiger partial charge in [-0.3, -0.25) is 4.79 Å². The van der Waals surface area contributed by atoms with E-state index in [1.165, 1.54) is 0 Å². The Bertz CT molecular complexity index is 734. The summed E-state index contributed by atoms with van der Waals surface area (Å²) in [6.07, 6.45) is -3.54.